The third-order valence-corrected chi connectivity index (χ3v) is 3.47. The molecule has 1 aliphatic rings. The Morgan fingerprint density at radius 2 is 2.14 bits per heavy atom. The second-order valence-corrected chi connectivity index (χ2v) is 5.08. The summed E-state index contributed by atoms with van der Waals surface area (Å²) >= 11 is 0. The Kier molecular flexibility index (Phi) is 5.30. The Morgan fingerprint density at radius 3 is 2.82 bits per heavy atom. The molecule has 5 nitrogen and oxygen atoms in total. The average molecular weight is 312 g/mol. The summed E-state index contributed by atoms with van der Waals surface area (Å²) in [5, 5.41) is 2.69. The number of hydrogen-bond donors (Lipinski definition) is 1. The lowest BCUT2D eigenvalue weighted by molar-refractivity contribution is 0.0685. The highest BCUT2D eigenvalue weighted by Gasteiger charge is 2.26. The van der Waals surface area contributed by atoms with Crippen LogP contribution in [0.2, 0.25) is 0 Å². The van der Waals surface area contributed by atoms with Gasteiger partial charge in [0.1, 0.15) is 0 Å². The van der Waals surface area contributed by atoms with Gasteiger partial charge in [-0.05, 0) is 38.0 Å². The molecule has 1 fully saturated rings. The number of alkyl carbamates (subject to hydrolysis) is 1. The van der Waals surface area contributed by atoms with E-state index in [0.29, 0.717) is 19.5 Å². The molecule has 1 heterocycles. The SMILES string of the molecule is CCOC(=O)N[C@H]1CCCN(C(=O)c2ccc(F)c(F)c2)C1. The van der Waals surface area contributed by atoms with Crippen LogP contribution in [-0.2, 0) is 4.74 Å². The molecule has 0 spiro atoms. The summed E-state index contributed by atoms with van der Waals surface area (Å²) in [4.78, 5) is 25.2. The molecule has 0 unspecified atom stereocenters. The minimum atomic E-state index is -1.05. The lowest BCUT2D eigenvalue weighted by Gasteiger charge is -2.33. The summed E-state index contributed by atoms with van der Waals surface area (Å²) < 4.78 is 31.0. The minimum absolute atomic E-state index is 0.0932. The van der Waals surface area contributed by atoms with Crippen LogP contribution in [0.3, 0.4) is 0 Å². The fourth-order valence-corrected chi connectivity index (χ4v) is 2.43. The van der Waals surface area contributed by atoms with E-state index in [1.807, 2.05) is 0 Å². The Labute approximate surface area is 127 Å². The number of likely N-dealkylation sites (tertiary alicyclic amines) is 1. The largest absolute Gasteiger partial charge is 0.450 e. The molecule has 0 aliphatic carbocycles. The second-order valence-electron chi connectivity index (χ2n) is 5.08. The zero-order valence-electron chi connectivity index (χ0n) is 12.3. The molecule has 1 aliphatic heterocycles. The number of nitrogens with one attached hydrogen (secondary N) is 1. The van der Waals surface area contributed by atoms with Gasteiger partial charge in [-0.3, -0.25) is 4.79 Å². The first-order valence-electron chi connectivity index (χ1n) is 7.19. The molecule has 22 heavy (non-hydrogen) atoms. The fourth-order valence-electron chi connectivity index (χ4n) is 2.43. The smallest absolute Gasteiger partial charge is 0.407 e. The summed E-state index contributed by atoms with van der Waals surface area (Å²) in [5.41, 5.74) is 0.0932. The molecule has 1 N–H and O–H groups in total. The lowest BCUT2D eigenvalue weighted by Crippen LogP contribution is -2.49. The molecule has 1 saturated heterocycles. The number of carbonyl (C=O) groups excluding carboxylic acids is 2. The van der Waals surface area contributed by atoms with E-state index in [0.717, 1.165) is 18.6 Å². The zero-order valence-corrected chi connectivity index (χ0v) is 12.3. The van der Waals surface area contributed by atoms with Crippen LogP contribution in [-0.4, -0.2) is 42.6 Å². The molecule has 1 aromatic carbocycles. The first kappa shape index (κ1) is 16.2. The van der Waals surface area contributed by atoms with Gasteiger partial charge in [0.2, 0.25) is 0 Å². The van der Waals surface area contributed by atoms with Crippen LogP contribution in [0.1, 0.15) is 30.1 Å². The van der Waals surface area contributed by atoms with Gasteiger partial charge >= 0.3 is 6.09 Å². The van der Waals surface area contributed by atoms with E-state index >= 15 is 0 Å². The summed E-state index contributed by atoms with van der Waals surface area (Å²) in [7, 11) is 0. The predicted molar refractivity (Wildman–Crippen MR) is 75.4 cm³/mol. The number of rotatable bonds is 3. The number of halogens is 2. The van der Waals surface area contributed by atoms with Crippen molar-refractivity contribution in [2.45, 2.75) is 25.8 Å². The number of piperidine rings is 1. The highest BCUT2D eigenvalue weighted by Crippen LogP contribution is 2.16. The molecule has 7 heteroatoms. The van der Waals surface area contributed by atoms with Gasteiger partial charge in [0.25, 0.3) is 5.91 Å². The Bertz CT molecular complexity index is 566. The van der Waals surface area contributed by atoms with E-state index in [1.54, 1.807) is 6.92 Å². The summed E-state index contributed by atoms with van der Waals surface area (Å²) in [6.07, 6.45) is 0.932. The van der Waals surface area contributed by atoms with E-state index in [9.17, 15) is 18.4 Å². The number of amides is 2. The van der Waals surface area contributed by atoms with Crippen molar-refractivity contribution in [2.75, 3.05) is 19.7 Å². The van der Waals surface area contributed by atoms with Crippen molar-refractivity contribution in [3.05, 3.63) is 35.4 Å². The van der Waals surface area contributed by atoms with Gasteiger partial charge in [-0.25, -0.2) is 13.6 Å². The van der Waals surface area contributed by atoms with E-state index in [1.165, 1.54) is 11.0 Å². The quantitative estimate of drug-likeness (QED) is 0.932. The molecule has 0 aromatic heterocycles. The average Bonchev–Trinajstić information content (AvgIpc) is 2.50. The van der Waals surface area contributed by atoms with Crippen LogP contribution in [0.15, 0.2) is 18.2 Å². The number of benzene rings is 1. The Morgan fingerprint density at radius 1 is 1.36 bits per heavy atom. The Hall–Kier alpha value is -2.18. The molecule has 2 amide bonds. The molecular weight excluding hydrogens is 294 g/mol. The molecule has 0 saturated carbocycles. The maximum Gasteiger partial charge on any atom is 0.407 e. The van der Waals surface area contributed by atoms with E-state index < -0.39 is 17.7 Å². The van der Waals surface area contributed by atoms with Crippen molar-refractivity contribution < 1.29 is 23.1 Å². The monoisotopic (exact) mass is 312 g/mol. The second kappa shape index (κ2) is 7.20. The highest BCUT2D eigenvalue weighted by atomic mass is 19.2. The van der Waals surface area contributed by atoms with Gasteiger partial charge in [-0.1, -0.05) is 0 Å². The third-order valence-electron chi connectivity index (χ3n) is 3.47. The van der Waals surface area contributed by atoms with Crippen molar-refractivity contribution in [2.24, 2.45) is 0 Å². The summed E-state index contributed by atoms with van der Waals surface area (Å²) in [6.45, 7) is 2.81. The first-order valence-corrected chi connectivity index (χ1v) is 7.19. The van der Waals surface area contributed by atoms with Gasteiger partial charge in [0.15, 0.2) is 11.6 Å². The van der Waals surface area contributed by atoms with Gasteiger partial charge in [-0.2, -0.15) is 0 Å². The molecule has 120 valence electrons. The van der Waals surface area contributed by atoms with Crippen molar-refractivity contribution in [1.82, 2.24) is 10.2 Å². The molecule has 0 radical (unpaired) electrons. The lowest BCUT2D eigenvalue weighted by atomic mass is 10.0. The van der Waals surface area contributed by atoms with Crippen LogP contribution in [0.5, 0.6) is 0 Å². The fraction of sp³-hybridized carbons (Fsp3) is 0.467. The maximum absolute atomic E-state index is 13.2. The third kappa shape index (κ3) is 3.93. The van der Waals surface area contributed by atoms with Gasteiger partial charge in [0, 0.05) is 24.7 Å². The number of hydrogen-bond acceptors (Lipinski definition) is 3. The number of carbonyl (C=O) groups is 2. The minimum Gasteiger partial charge on any atom is -0.450 e. The van der Waals surface area contributed by atoms with Crippen molar-refractivity contribution >= 4 is 12.0 Å². The zero-order chi connectivity index (χ0) is 16.1. The van der Waals surface area contributed by atoms with Crippen LogP contribution < -0.4 is 5.32 Å². The van der Waals surface area contributed by atoms with Crippen LogP contribution in [0.4, 0.5) is 13.6 Å². The van der Waals surface area contributed by atoms with Crippen molar-refractivity contribution in [3.63, 3.8) is 0 Å². The van der Waals surface area contributed by atoms with E-state index in [4.69, 9.17) is 4.74 Å². The van der Waals surface area contributed by atoms with Crippen LogP contribution >= 0.6 is 0 Å². The number of ether oxygens (including phenoxy) is 1. The Balaban J connectivity index is 2.00. The molecular formula is C15H18F2N2O3. The highest BCUT2D eigenvalue weighted by molar-refractivity contribution is 5.94. The van der Waals surface area contributed by atoms with Crippen molar-refractivity contribution in [1.29, 1.82) is 0 Å². The van der Waals surface area contributed by atoms with E-state index in [2.05, 4.69) is 5.32 Å². The number of nitrogens with zero attached hydrogens (tertiary/aromatic N) is 1. The van der Waals surface area contributed by atoms with Crippen LogP contribution in [0.25, 0.3) is 0 Å². The first-order chi connectivity index (χ1) is 10.5. The normalized spacial score (nSPS) is 18.0. The molecule has 1 aromatic rings. The van der Waals surface area contributed by atoms with Crippen LogP contribution in [0, 0.1) is 11.6 Å². The topological polar surface area (TPSA) is 58.6 Å². The van der Waals surface area contributed by atoms with E-state index in [-0.39, 0.29) is 24.1 Å². The van der Waals surface area contributed by atoms with Gasteiger partial charge in [0.05, 0.1) is 6.61 Å². The predicted octanol–water partition coefficient (Wildman–Crippen LogP) is 2.32. The summed E-state index contributed by atoms with van der Waals surface area (Å²) in [5.74, 6) is -2.42. The summed E-state index contributed by atoms with van der Waals surface area (Å²) in [6, 6.07) is 2.87. The van der Waals surface area contributed by atoms with Gasteiger partial charge < -0.3 is 15.0 Å². The standard InChI is InChI=1S/C15H18F2N2O3/c1-2-22-15(21)18-11-4-3-7-19(9-11)14(20)10-5-6-12(16)13(17)8-10/h5-6,8,11H,2-4,7,9H2,1H3,(H,18,21)/t11-/m0/s1. The molecule has 1 atom stereocenters. The maximum atomic E-state index is 13.2. The van der Waals surface area contributed by atoms with Crippen molar-refractivity contribution in [3.8, 4) is 0 Å². The van der Waals surface area contributed by atoms with Gasteiger partial charge in [-0.15, -0.1) is 0 Å². The molecule has 2 rings (SSSR count). The molecule has 0 bridgehead atoms.